The largest absolute Gasteiger partial charge is 0.289 e. The van der Waals surface area contributed by atoms with Crippen LogP contribution in [0.25, 0.3) is 0 Å². The van der Waals surface area contributed by atoms with Crippen LogP contribution in [-0.4, -0.2) is 5.78 Å². The molecule has 0 unspecified atom stereocenters. The van der Waals surface area contributed by atoms with E-state index in [0.29, 0.717) is 6.42 Å². The van der Waals surface area contributed by atoms with E-state index < -0.39 is 0 Å². The number of carbonyl (C=O) groups excluding carboxylic acids is 1. The molecule has 0 aliphatic carbocycles. The minimum atomic E-state index is 0.0656. The van der Waals surface area contributed by atoms with Crippen LogP contribution in [-0.2, 0) is 6.42 Å². The zero-order chi connectivity index (χ0) is 11.4. The van der Waals surface area contributed by atoms with Gasteiger partial charge in [-0.25, -0.2) is 0 Å². The Morgan fingerprint density at radius 3 is 2.31 bits per heavy atom. The van der Waals surface area contributed by atoms with E-state index >= 15 is 0 Å². The first-order valence-corrected chi connectivity index (χ1v) is 5.29. The molecular formula is C15H13O+. The minimum Gasteiger partial charge on any atom is -0.289 e. The molecule has 2 aromatic rings. The normalized spacial score (nSPS) is 10.0. The molecular weight excluding hydrogens is 196 g/mol. The van der Waals surface area contributed by atoms with Gasteiger partial charge in [-0.05, 0) is 11.6 Å². The summed E-state index contributed by atoms with van der Waals surface area (Å²) in [5, 5.41) is 0. The summed E-state index contributed by atoms with van der Waals surface area (Å²) in [6.07, 6.45) is 0.704. The molecule has 2 rings (SSSR count). The van der Waals surface area contributed by atoms with Gasteiger partial charge in [0.05, 0.1) is 6.92 Å². The van der Waals surface area contributed by atoms with Crippen LogP contribution in [0.3, 0.4) is 0 Å². The lowest BCUT2D eigenvalue weighted by molar-refractivity contribution is 0.103. The fourth-order valence-corrected chi connectivity index (χ4v) is 1.62. The lowest BCUT2D eigenvalue weighted by Crippen LogP contribution is -2.01. The van der Waals surface area contributed by atoms with Crippen LogP contribution in [0.2, 0.25) is 0 Å². The molecule has 0 amide bonds. The Bertz CT molecular complexity index is 486. The molecule has 0 aromatic heterocycles. The average Bonchev–Trinajstić information content (AvgIpc) is 2.39. The first-order valence-electron chi connectivity index (χ1n) is 5.29. The number of ketones is 1. The topological polar surface area (TPSA) is 17.1 Å². The monoisotopic (exact) mass is 209 g/mol. The van der Waals surface area contributed by atoms with Gasteiger partial charge < -0.3 is 0 Å². The second-order valence-electron chi connectivity index (χ2n) is 3.65. The lowest BCUT2D eigenvalue weighted by atomic mass is 10.0. The van der Waals surface area contributed by atoms with Crippen LogP contribution in [0.4, 0.5) is 0 Å². The van der Waals surface area contributed by atoms with Crippen molar-refractivity contribution in [3.05, 3.63) is 78.2 Å². The quantitative estimate of drug-likeness (QED) is 0.560. The molecule has 78 valence electrons. The molecule has 0 atom stereocenters. The van der Waals surface area contributed by atoms with Crippen molar-refractivity contribution < 1.29 is 4.79 Å². The summed E-state index contributed by atoms with van der Waals surface area (Å²) in [5.41, 5.74) is 2.54. The summed E-state index contributed by atoms with van der Waals surface area (Å²) < 4.78 is 0. The van der Waals surface area contributed by atoms with Crippen molar-refractivity contribution in [3.63, 3.8) is 0 Å². The van der Waals surface area contributed by atoms with Gasteiger partial charge in [0.1, 0.15) is 6.42 Å². The Morgan fingerprint density at radius 2 is 1.62 bits per heavy atom. The van der Waals surface area contributed by atoms with Crippen LogP contribution < -0.4 is 0 Å². The molecule has 0 fully saturated rings. The maximum absolute atomic E-state index is 12.1. The highest BCUT2D eigenvalue weighted by atomic mass is 16.1. The third-order valence-electron chi connectivity index (χ3n) is 2.51. The van der Waals surface area contributed by atoms with Crippen molar-refractivity contribution >= 4 is 5.78 Å². The van der Waals surface area contributed by atoms with E-state index in [1.807, 2.05) is 54.6 Å². The van der Waals surface area contributed by atoms with Crippen LogP contribution in [0.15, 0.2) is 54.6 Å². The Kier molecular flexibility index (Phi) is 3.06. The molecule has 0 heterocycles. The van der Waals surface area contributed by atoms with Crippen molar-refractivity contribution in [2.24, 2.45) is 0 Å². The van der Waals surface area contributed by atoms with Gasteiger partial charge in [-0.1, -0.05) is 48.5 Å². The number of rotatable bonds is 3. The Labute approximate surface area is 95.7 Å². The smallest absolute Gasteiger partial charge is 0.193 e. The second-order valence-corrected chi connectivity index (χ2v) is 3.65. The third-order valence-corrected chi connectivity index (χ3v) is 2.51. The molecule has 1 heteroatoms. The predicted octanol–water partition coefficient (Wildman–Crippen LogP) is 3.29. The molecule has 0 saturated heterocycles. The van der Waals surface area contributed by atoms with E-state index in [2.05, 4.69) is 6.92 Å². The first kappa shape index (κ1) is 10.5. The van der Waals surface area contributed by atoms with Crippen LogP contribution in [0.1, 0.15) is 21.5 Å². The van der Waals surface area contributed by atoms with Gasteiger partial charge in [-0.3, -0.25) is 4.79 Å². The van der Waals surface area contributed by atoms with E-state index in [9.17, 15) is 4.79 Å². The van der Waals surface area contributed by atoms with Gasteiger partial charge in [0.25, 0.3) is 0 Å². The number of hydrogen-bond donors (Lipinski definition) is 0. The van der Waals surface area contributed by atoms with Gasteiger partial charge >= 0.3 is 0 Å². The van der Waals surface area contributed by atoms with E-state index in [4.69, 9.17) is 0 Å². The fourth-order valence-electron chi connectivity index (χ4n) is 1.62. The molecule has 16 heavy (non-hydrogen) atoms. The van der Waals surface area contributed by atoms with Crippen molar-refractivity contribution in [2.45, 2.75) is 6.42 Å². The van der Waals surface area contributed by atoms with E-state index in [-0.39, 0.29) is 5.78 Å². The lowest BCUT2D eigenvalue weighted by Gasteiger charge is -2.01. The molecule has 0 spiro atoms. The van der Waals surface area contributed by atoms with E-state index in [1.165, 1.54) is 0 Å². The first-order chi connectivity index (χ1) is 7.81. The van der Waals surface area contributed by atoms with Crippen LogP contribution >= 0.6 is 0 Å². The highest BCUT2D eigenvalue weighted by Crippen LogP contribution is 2.11. The maximum Gasteiger partial charge on any atom is 0.193 e. The maximum atomic E-state index is 12.1. The summed E-state index contributed by atoms with van der Waals surface area (Å²) in [6, 6.07) is 16.9. The van der Waals surface area contributed by atoms with Gasteiger partial charge in [0, 0.05) is 11.1 Å². The highest BCUT2D eigenvalue weighted by molar-refractivity contribution is 6.09. The summed E-state index contributed by atoms with van der Waals surface area (Å²) in [4.78, 5) is 12.1. The van der Waals surface area contributed by atoms with Crippen LogP contribution in [0, 0.1) is 6.92 Å². The Balaban J connectivity index is 2.34. The van der Waals surface area contributed by atoms with Gasteiger partial charge in [0.15, 0.2) is 5.78 Å². The van der Waals surface area contributed by atoms with Crippen molar-refractivity contribution in [2.75, 3.05) is 0 Å². The predicted molar refractivity (Wildman–Crippen MR) is 65.4 cm³/mol. The SMILES string of the molecule is [CH2+]Cc1cccc(C(=O)c2ccccc2)c1. The van der Waals surface area contributed by atoms with Gasteiger partial charge in [-0.15, -0.1) is 0 Å². The standard InChI is InChI=1S/C15H13O/c1-2-12-7-6-10-14(11-12)15(16)13-8-4-3-5-9-13/h3-11H,1-2H2/q+1. The van der Waals surface area contributed by atoms with Crippen molar-refractivity contribution in [1.82, 2.24) is 0 Å². The summed E-state index contributed by atoms with van der Waals surface area (Å²) in [7, 11) is 0. The molecule has 1 nitrogen and oxygen atoms in total. The Hall–Kier alpha value is -2.02. The molecule has 2 aromatic carbocycles. The zero-order valence-electron chi connectivity index (χ0n) is 9.02. The molecule has 0 aliphatic rings. The fraction of sp³-hybridized carbons (Fsp3) is 0.0667. The minimum absolute atomic E-state index is 0.0656. The second kappa shape index (κ2) is 4.67. The Morgan fingerprint density at radius 1 is 0.938 bits per heavy atom. The third kappa shape index (κ3) is 2.14. The molecule has 0 radical (unpaired) electrons. The average molecular weight is 209 g/mol. The molecule has 0 aliphatic heterocycles. The summed E-state index contributed by atoms with van der Waals surface area (Å²) in [6.45, 7) is 3.82. The van der Waals surface area contributed by atoms with E-state index in [0.717, 1.165) is 16.7 Å². The van der Waals surface area contributed by atoms with Crippen molar-refractivity contribution in [1.29, 1.82) is 0 Å². The van der Waals surface area contributed by atoms with Gasteiger partial charge in [0.2, 0.25) is 0 Å². The number of benzene rings is 2. The highest BCUT2D eigenvalue weighted by Gasteiger charge is 2.08. The molecule has 0 saturated carbocycles. The van der Waals surface area contributed by atoms with E-state index in [1.54, 1.807) is 0 Å². The van der Waals surface area contributed by atoms with Crippen molar-refractivity contribution in [3.8, 4) is 0 Å². The zero-order valence-corrected chi connectivity index (χ0v) is 9.02. The number of carbonyl (C=O) groups is 1. The molecule has 0 bridgehead atoms. The number of hydrogen-bond acceptors (Lipinski definition) is 1. The van der Waals surface area contributed by atoms with Gasteiger partial charge in [-0.2, -0.15) is 0 Å². The summed E-state index contributed by atoms with van der Waals surface area (Å²) in [5.74, 6) is 0.0656. The van der Waals surface area contributed by atoms with Crippen LogP contribution in [0.5, 0.6) is 0 Å². The molecule has 0 N–H and O–H groups in total. The summed E-state index contributed by atoms with van der Waals surface area (Å²) >= 11 is 0.